The fourth-order valence-electron chi connectivity index (χ4n) is 2.70. The summed E-state index contributed by atoms with van der Waals surface area (Å²) in [6.07, 6.45) is 4.98. The maximum Gasteiger partial charge on any atom is 0.255 e. The molecule has 1 aromatic heterocycles. The molecule has 0 atom stereocenters. The molecule has 2 aromatic rings. The average molecular weight is 313 g/mol. The average Bonchev–Trinajstić information content (AvgIpc) is 2.62. The Bertz CT molecular complexity index is 649. The molecule has 3 rings (SSSR count). The molecule has 1 saturated heterocycles. The smallest absolute Gasteiger partial charge is 0.255 e. The highest BCUT2D eigenvalue weighted by Crippen LogP contribution is 2.14. The van der Waals surface area contributed by atoms with Crippen LogP contribution in [0.15, 0.2) is 42.6 Å². The Morgan fingerprint density at radius 2 is 1.83 bits per heavy atom. The minimum absolute atomic E-state index is 0.0577. The van der Waals surface area contributed by atoms with Crippen molar-refractivity contribution in [2.24, 2.45) is 0 Å². The van der Waals surface area contributed by atoms with Crippen LogP contribution in [-0.4, -0.2) is 28.9 Å². The van der Waals surface area contributed by atoms with E-state index in [1.165, 1.54) is 18.6 Å². The lowest BCUT2D eigenvalue weighted by molar-refractivity contribution is 0.0724. The second-order valence-corrected chi connectivity index (χ2v) is 5.76. The molecular weight excluding hydrogens is 293 g/mol. The zero-order valence-corrected chi connectivity index (χ0v) is 13.0. The summed E-state index contributed by atoms with van der Waals surface area (Å²) in [4.78, 5) is 18.5. The zero-order chi connectivity index (χ0) is 16.1. The molecule has 1 aliphatic heterocycles. The minimum Gasteiger partial charge on any atom is -0.366 e. The second-order valence-electron chi connectivity index (χ2n) is 5.76. The summed E-state index contributed by atoms with van der Waals surface area (Å²) in [6, 6.07) is 9.94. The Labute approximate surface area is 135 Å². The summed E-state index contributed by atoms with van der Waals surface area (Å²) < 4.78 is 12.9. The molecule has 0 saturated carbocycles. The number of anilines is 1. The van der Waals surface area contributed by atoms with Crippen LogP contribution >= 0.6 is 0 Å². The number of carbonyl (C=O) groups excluding carboxylic acids is 1. The normalized spacial score (nSPS) is 14.6. The highest BCUT2D eigenvalue weighted by atomic mass is 19.1. The van der Waals surface area contributed by atoms with Crippen LogP contribution in [0.2, 0.25) is 0 Å². The molecule has 1 aliphatic rings. The van der Waals surface area contributed by atoms with Crippen LogP contribution in [0.25, 0.3) is 0 Å². The molecule has 2 heterocycles. The lowest BCUT2D eigenvalue weighted by atomic mass is 10.1. The first-order chi connectivity index (χ1) is 11.2. The van der Waals surface area contributed by atoms with Gasteiger partial charge in [0.25, 0.3) is 5.91 Å². The van der Waals surface area contributed by atoms with Crippen LogP contribution in [0.5, 0.6) is 0 Å². The Hall–Kier alpha value is -2.43. The highest BCUT2D eigenvalue weighted by molar-refractivity contribution is 5.94. The summed E-state index contributed by atoms with van der Waals surface area (Å²) >= 11 is 0. The molecule has 1 amide bonds. The summed E-state index contributed by atoms with van der Waals surface area (Å²) in [7, 11) is 0. The number of amides is 1. The van der Waals surface area contributed by atoms with Gasteiger partial charge in [0.1, 0.15) is 11.6 Å². The van der Waals surface area contributed by atoms with Crippen LogP contribution < -0.4 is 5.32 Å². The van der Waals surface area contributed by atoms with Gasteiger partial charge in [0.2, 0.25) is 0 Å². The zero-order valence-electron chi connectivity index (χ0n) is 13.0. The number of pyridine rings is 1. The minimum atomic E-state index is -0.243. The summed E-state index contributed by atoms with van der Waals surface area (Å²) in [5.74, 6) is 0.513. The van der Waals surface area contributed by atoms with Gasteiger partial charge in [-0.05, 0) is 49.1 Å². The van der Waals surface area contributed by atoms with Crippen LogP contribution in [0.3, 0.4) is 0 Å². The molecule has 0 aliphatic carbocycles. The van der Waals surface area contributed by atoms with Crippen LogP contribution in [0, 0.1) is 5.82 Å². The number of hydrogen-bond acceptors (Lipinski definition) is 3. The van der Waals surface area contributed by atoms with Gasteiger partial charge in [0.05, 0.1) is 5.56 Å². The highest BCUT2D eigenvalue weighted by Gasteiger charge is 2.18. The van der Waals surface area contributed by atoms with Crippen molar-refractivity contribution in [2.45, 2.75) is 25.8 Å². The first-order valence-corrected chi connectivity index (χ1v) is 7.96. The lowest BCUT2D eigenvalue weighted by Gasteiger charge is -2.26. The molecule has 4 nitrogen and oxygen atoms in total. The Balaban J connectivity index is 1.58. The lowest BCUT2D eigenvalue weighted by Crippen LogP contribution is -2.35. The van der Waals surface area contributed by atoms with E-state index in [1.54, 1.807) is 30.5 Å². The van der Waals surface area contributed by atoms with Gasteiger partial charge in [-0.1, -0.05) is 12.1 Å². The maximum absolute atomic E-state index is 12.9. The molecular formula is C18H20FN3O. The van der Waals surface area contributed by atoms with Crippen molar-refractivity contribution in [1.82, 2.24) is 9.88 Å². The molecule has 0 unspecified atom stereocenters. The van der Waals surface area contributed by atoms with Crippen LogP contribution in [-0.2, 0) is 6.54 Å². The standard InChI is InChI=1S/C18H20FN3O/c19-16-7-4-14(5-8-16)12-20-17-9-6-15(13-21-17)18(23)22-10-2-1-3-11-22/h4-9,13H,1-3,10-12H2,(H,20,21). The van der Waals surface area contributed by atoms with Crippen molar-refractivity contribution in [3.8, 4) is 0 Å². The molecule has 0 spiro atoms. The fourth-order valence-corrected chi connectivity index (χ4v) is 2.70. The van der Waals surface area contributed by atoms with Gasteiger partial charge in [-0.15, -0.1) is 0 Å². The number of carbonyl (C=O) groups is 1. The molecule has 1 N–H and O–H groups in total. The van der Waals surface area contributed by atoms with E-state index in [1.807, 2.05) is 4.90 Å². The molecule has 0 radical (unpaired) electrons. The van der Waals surface area contributed by atoms with Gasteiger partial charge in [-0.2, -0.15) is 0 Å². The number of rotatable bonds is 4. The number of aromatic nitrogens is 1. The summed E-state index contributed by atoms with van der Waals surface area (Å²) in [5, 5.41) is 3.17. The van der Waals surface area contributed by atoms with Crippen molar-refractivity contribution in [3.63, 3.8) is 0 Å². The van der Waals surface area contributed by atoms with Crippen molar-refractivity contribution in [3.05, 3.63) is 59.5 Å². The summed E-state index contributed by atoms with van der Waals surface area (Å²) in [5.41, 5.74) is 1.60. The topological polar surface area (TPSA) is 45.2 Å². The first kappa shape index (κ1) is 15.5. The summed E-state index contributed by atoms with van der Waals surface area (Å²) in [6.45, 7) is 2.24. The van der Waals surface area contributed by atoms with Crippen molar-refractivity contribution >= 4 is 11.7 Å². The van der Waals surface area contributed by atoms with Gasteiger partial charge >= 0.3 is 0 Å². The largest absolute Gasteiger partial charge is 0.366 e. The Morgan fingerprint density at radius 3 is 2.48 bits per heavy atom. The van der Waals surface area contributed by atoms with Gasteiger partial charge in [0, 0.05) is 25.8 Å². The van der Waals surface area contributed by atoms with Gasteiger partial charge in [-0.3, -0.25) is 4.79 Å². The first-order valence-electron chi connectivity index (χ1n) is 7.96. The third-order valence-corrected chi connectivity index (χ3v) is 4.04. The third-order valence-electron chi connectivity index (χ3n) is 4.04. The molecule has 1 aromatic carbocycles. The maximum atomic E-state index is 12.9. The fraction of sp³-hybridized carbons (Fsp3) is 0.333. The monoisotopic (exact) mass is 313 g/mol. The van der Waals surface area contributed by atoms with E-state index in [4.69, 9.17) is 0 Å². The predicted molar refractivity (Wildman–Crippen MR) is 87.7 cm³/mol. The van der Waals surface area contributed by atoms with Gasteiger partial charge in [0.15, 0.2) is 0 Å². The van der Waals surface area contributed by atoms with Gasteiger partial charge < -0.3 is 10.2 Å². The number of benzene rings is 1. The van der Waals surface area contributed by atoms with E-state index >= 15 is 0 Å². The van der Waals surface area contributed by atoms with E-state index in [0.717, 1.165) is 31.5 Å². The van der Waals surface area contributed by atoms with E-state index in [-0.39, 0.29) is 11.7 Å². The number of halogens is 1. The van der Waals surface area contributed by atoms with Crippen LogP contribution in [0.4, 0.5) is 10.2 Å². The number of nitrogens with zero attached hydrogens (tertiary/aromatic N) is 2. The third kappa shape index (κ3) is 4.06. The van der Waals surface area contributed by atoms with Crippen molar-refractivity contribution in [1.29, 1.82) is 0 Å². The molecule has 5 heteroatoms. The Kier molecular flexibility index (Phi) is 4.86. The van der Waals surface area contributed by atoms with Crippen molar-refractivity contribution in [2.75, 3.05) is 18.4 Å². The van der Waals surface area contributed by atoms with Crippen LogP contribution in [0.1, 0.15) is 35.2 Å². The van der Waals surface area contributed by atoms with E-state index < -0.39 is 0 Å². The predicted octanol–water partition coefficient (Wildman–Crippen LogP) is 3.46. The van der Waals surface area contributed by atoms with E-state index in [9.17, 15) is 9.18 Å². The number of hydrogen-bond donors (Lipinski definition) is 1. The number of piperidine rings is 1. The van der Waals surface area contributed by atoms with E-state index in [2.05, 4.69) is 10.3 Å². The van der Waals surface area contributed by atoms with E-state index in [0.29, 0.717) is 17.9 Å². The van der Waals surface area contributed by atoms with Gasteiger partial charge in [-0.25, -0.2) is 9.37 Å². The molecule has 23 heavy (non-hydrogen) atoms. The molecule has 120 valence electrons. The number of likely N-dealkylation sites (tertiary alicyclic amines) is 1. The molecule has 0 bridgehead atoms. The quantitative estimate of drug-likeness (QED) is 0.940. The second kappa shape index (κ2) is 7.22. The number of nitrogens with one attached hydrogen (secondary N) is 1. The van der Waals surface area contributed by atoms with Crippen molar-refractivity contribution < 1.29 is 9.18 Å². The SMILES string of the molecule is O=C(c1ccc(NCc2ccc(F)cc2)nc1)N1CCCCC1. The molecule has 1 fully saturated rings. The Morgan fingerprint density at radius 1 is 1.09 bits per heavy atom.